The lowest BCUT2D eigenvalue weighted by Gasteiger charge is -2.24. The van der Waals surface area contributed by atoms with Gasteiger partial charge in [-0.15, -0.1) is 0 Å². The smallest absolute Gasteiger partial charge is 0.334 e. The molecule has 4 heteroatoms. The molecule has 0 aromatic heterocycles. The van der Waals surface area contributed by atoms with Gasteiger partial charge in [0.05, 0.1) is 6.04 Å². The molecule has 4 nitrogen and oxygen atoms in total. The van der Waals surface area contributed by atoms with E-state index in [1.807, 2.05) is 11.8 Å². The third kappa shape index (κ3) is 1.22. The summed E-state index contributed by atoms with van der Waals surface area (Å²) in [5.41, 5.74) is 1.81. The largest absolute Gasteiger partial charge is 0.454 e. The fourth-order valence-electron chi connectivity index (χ4n) is 3.10. The topological polar surface area (TPSA) is 46.6 Å². The lowest BCUT2D eigenvalue weighted by molar-refractivity contribution is -0.140. The summed E-state index contributed by atoms with van der Waals surface area (Å²) < 4.78 is 5.35. The number of carbonyl (C=O) groups excluding carboxylic acids is 2. The first-order valence-corrected chi connectivity index (χ1v) is 5.89. The average Bonchev–Trinajstić information content (AvgIpc) is 2.67. The maximum atomic E-state index is 11.7. The number of carbonyl (C=O) groups is 2. The standard InChI is InChI=1S/C12H15NO3/c1-7-11-8-4-5-10(14)13(8)6-2-3-9(11)16-12(7)15/h8-9H,2-6H2,1H3/t8-,9+/m1/s1. The first-order chi connectivity index (χ1) is 7.68. The molecule has 0 aliphatic carbocycles. The van der Waals surface area contributed by atoms with E-state index in [2.05, 4.69) is 0 Å². The molecular weight excluding hydrogens is 206 g/mol. The van der Waals surface area contributed by atoms with Gasteiger partial charge >= 0.3 is 5.97 Å². The van der Waals surface area contributed by atoms with Crippen LogP contribution in [0.4, 0.5) is 0 Å². The van der Waals surface area contributed by atoms with Crippen LogP contribution >= 0.6 is 0 Å². The van der Waals surface area contributed by atoms with E-state index in [1.54, 1.807) is 0 Å². The van der Waals surface area contributed by atoms with Crippen LogP contribution in [0.25, 0.3) is 0 Å². The Labute approximate surface area is 94.2 Å². The zero-order valence-electron chi connectivity index (χ0n) is 9.36. The highest BCUT2D eigenvalue weighted by atomic mass is 16.5. The predicted molar refractivity (Wildman–Crippen MR) is 56.5 cm³/mol. The van der Waals surface area contributed by atoms with Crippen LogP contribution in [0, 0.1) is 0 Å². The molecule has 0 aromatic rings. The van der Waals surface area contributed by atoms with Crippen molar-refractivity contribution in [2.24, 2.45) is 0 Å². The van der Waals surface area contributed by atoms with Crippen molar-refractivity contribution in [2.75, 3.05) is 6.54 Å². The zero-order chi connectivity index (χ0) is 11.3. The fraction of sp³-hybridized carbons (Fsp3) is 0.667. The van der Waals surface area contributed by atoms with E-state index >= 15 is 0 Å². The molecule has 2 saturated heterocycles. The monoisotopic (exact) mass is 221 g/mol. The van der Waals surface area contributed by atoms with E-state index in [0.717, 1.165) is 37.0 Å². The van der Waals surface area contributed by atoms with Crippen molar-refractivity contribution in [3.05, 3.63) is 11.1 Å². The molecule has 2 atom stereocenters. The quantitative estimate of drug-likeness (QED) is 0.574. The molecule has 16 heavy (non-hydrogen) atoms. The normalized spacial score (nSPS) is 33.7. The molecule has 3 aliphatic rings. The number of hydrogen-bond donors (Lipinski definition) is 0. The van der Waals surface area contributed by atoms with Crippen LogP contribution in [0.2, 0.25) is 0 Å². The molecule has 0 unspecified atom stereocenters. The number of amides is 1. The summed E-state index contributed by atoms with van der Waals surface area (Å²) in [7, 11) is 0. The number of fused-ring (bicyclic) bond motifs is 3. The molecule has 3 heterocycles. The highest BCUT2D eigenvalue weighted by Gasteiger charge is 2.44. The van der Waals surface area contributed by atoms with E-state index in [4.69, 9.17) is 4.74 Å². The maximum Gasteiger partial charge on any atom is 0.334 e. The molecule has 0 radical (unpaired) electrons. The van der Waals surface area contributed by atoms with Crippen molar-refractivity contribution < 1.29 is 14.3 Å². The number of nitrogens with zero attached hydrogens (tertiary/aromatic N) is 1. The highest BCUT2D eigenvalue weighted by Crippen LogP contribution is 2.38. The van der Waals surface area contributed by atoms with Crippen LogP contribution in [0.5, 0.6) is 0 Å². The van der Waals surface area contributed by atoms with Crippen LogP contribution in [0.1, 0.15) is 32.6 Å². The summed E-state index contributed by atoms with van der Waals surface area (Å²) in [6, 6.07) is 0.131. The molecule has 3 rings (SSSR count). The Balaban J connectivity index is 2.03. The predicted octanol–water partition coefficient (Wildman–Crippen LogP) is 1.01. The van der Waals surface area contributed by atoms with Gasteiger partial charge in [-0.3, -0.25) is 4.79 Å². The summed E-state index contributed by atoms with van der Waals surface area (Å²) in [5, 5.41) is 0. The summed E-state index contributed by atoms with van der Waals surface area (Å²) in [4.78, 5) is 25.2. The Bertz CT molecular complexity index is 399. The SMILES string of the molecule is CC1=C2[C@H](CCCN3C(=O)CC[C@H]23)OC1=O. The number of esters is 1. The van der Waals surface area contributed by atoms with Crippen molar-refractivity contribution in [2.45, 2.75) is 44.8 Å². The number of rotatable bonds is 0. The minimum atomic E-state index is -0.193. The van der Waals surface area contributed by atoms with E-state index in [0.29, 0.717) is 6.42 Å². The van der Waals surface area contributed by atoms with Crippen LogP contribution in [-0.4, -0.2) is 35.5 Å². The molecule has 0 bridgehead atoms. The van der Waals surface area contributed by atoms with Crippen LogP contribution in [0.15, 0.2) is 11.1 Å². The minimum Gasteiger partial charge on any atom is -0.454 e. The van der Waals surface area contributed by atoms with E-state index < -0.39 is 0 Å². The molecule has 0 aromatic carbocycles. The zero-order valence-corrected chi connectivity index (χ0v) is 9.36. The third-order valence-corrected chi connectivity index (χ3v) is 3.89. The number of ether oxygens (including phenoxy) is 1. The molecule has 2 fully saturated rings. The molecule has 0 N–H and O–H groups in total. The van der Waals surface area contributed by atoms with Crippen LogP contribution in [-0.2, 0) is 14.3 Å². The first-order valence-electron chi connectivity index (χ1n) is 5.89. The molecule has 0 spiro atoms. The second-order valence-electron chi connectivity index (χ2n) is 4.76. The van der Waals surface area contributed by atoms with Crippen LogP contribution < -0.4 is 0 Å². The molecular formula is C12H15NO3. The van der Waals surface area contributed by atoms with Gasteiger partial charge in [-0.1, -0.05) is 0 Å². The Kier molecular flexibility index (Phi) is 2.06. The average molecular weight is 221 g/mol. The second kappa shape index (κ2) is 3.34. The summed E-state index contributed by atoms with van der Waals surface area (Å²) in [6.07, 6.45) is 3.19. The molecule has 0 saturated carbocycles. The van der Waals surface area contributed by atoms with Crippen molar-refractivity contribution in [1.29, 1.82) is 0 Å². The molecule has 1 amide bonds. The Morgan fingerprint density at radius 2 is 2.12 bits per heavy atom. The Morgan fingerprint density at radius 1 is 1.31 bits per heavy atom. The number of hydrogen-bond acceptors (Lipinski definition) is 3. The van der Waals surface area contributed by atoms with Gasteiger partial charge in [-0.05, 0) is 26.2 Å². The Morgan fingerprint density at radius 3 is 2.94 bits per heavy atom. The highest BCUT2D eigenvalue weighted by molar-refractivity contribution is 5.92. The van der Waals surface area contributed by atoms with E-state index in [-0.39, 0.29) is 24.0 Å². The molecule has 3 aliphatic heterocycles. The lowest BCUT2D eigenvalue weighted by Crippen LogP contribution is -2.34. The second-order valence-corrected chi connectivity index (χ2v) is 4.76. The van der Waals surface area contributed by atoms with E-state index in [9.17, 15) is 9.59 Å². The minimum absolute atomic E-state index is 0.0617. The van der Waals surface area contributed by atoms with Gasteiger partial charge in [0, 0.05) is 24.1 Å². The first kappa shape index (κ1) is 9.87. The summed E-state index contributed by atoms with van der Waals surface area (Å²) >= 11 is 0. The maximum absolute atomic E-state index is 11.7. The fourth-order valence-corrected chi connectivity index (χ4v) is 3.10. The van der Waals surface area contributed by atoms with Gasteiger partial charge in [-0.2, -0.15) is 0 Å². The van der Waals surface area contributed by atoms with Crippen molar-refractivity contribution in [1.82, 2.24) is 4.90 Å². The van der Waals surface area contributed by atoms with Crippen molar-refractivity contribution in [3.63, 3.8) is 0 Å². The summed E-state index contributed by atoms with van der Waals surface area (Å²) in [5.74, 6) is 0.0338. The Hall–Kier alpha value is -1.32. The van der Waals surface area contributed by atoms with Gasteiger partial charge in [0.2, 0.25) is 5.91 Å². The van der Waals surface area contributed by atoms with Gasteiger partial charge < -0.3 is 9.64 Å². The van der Waals surface area contributed by atoms with Gasteiger partial charge in [0.25, 0.3) is 0 Å². The van der Waals surface area contributed by atoms with Gasteiger partial charge in [-0.25, -0.2) is 4.79 Å². The van der Waals surface area contributed by atoms with E-state index in [1.165, 1.54) is 0 Å². The lowest BCUT2D eigenvalue weighted by atomic mass is 9.95. The third-order valence-electron chi connectivity index (χ3n) is 3.89. The summed E-state index contributed by atoms with van der Waals surface area (Å²) in [6.45, 7) is 2.64. The van der Waals surface area contributed by atoms with Crippen LogP contribution in [0.3, 0.4) is 0 Å². The van der Waals surface area contributed by atoms with Gasteiger partial charge in [0.15, 0.2) is 0 Å². The van der Waals surface area contributed by atoms with Crippen molar-refractivity contribution >= 4 is 11.9 Å². The van der Waals surface area contributed by atoms with Gasteiger partial charge in [0.1, 0.15) is 6.10 Å². The molecule has 86 valence electrons. The van der Waals surface area contributed by atoms with Crippen molar-refractivity contribution in [3.8, 4) is 0 Å².